The van der Waals surface area contributed by atoms with Crippen molar-refractivity contribution in [2.75, 3.05) is 23.8 Å². The minimum Gasteiger partial charge on any atom is -0.490 e. The van der Waals surface area contributed by atoms with Crippen LogP contribution in [0.4, 0.5) is 5.69 Å². The first-order valence-electron chi connectivity index (χ1n) is 4.91. The van der Waals surface area contributed by atoms with E-state index in [0.29, 0.717) is 12.3 Å². The van der Waals surface area contributed by atoms with Crippen LogP contribution in [0.3, 0.4) is 0 Å². The molecular weight excluding hydrogens is 274 g/mol. The molecule has 0 aliphatic heterocycles. The molecule has 1 aromatic rings. The molecule has 0 unspecified atom stereocenters. The summed E-state index contributed by atoms with van der Waals surface area (Å²) < 4.78 is 6.65. The third-order valence-corrected chi connectivity index (χ3v) is 3.27. The Labute approximate surface area is 104 Å². The van der Waals surface area contributed by atoms with Crippen LogP contribution in [0, 0.1) is 6.92 Å². The van der Waals surface area contributed by atoms with Crippen LogP contribution in [0.1, 0.15) is 12.5 Å². The Hall–Kier alpha value is -0.350. The predicted octanol–water partition coefficient (Wildman–Crippen LogP) is 3.47. The molecule has 4 heteroatoms. The molecule has 2 N–H and O–H groups in total. The third-order valence-electron chi connectivity index (χ3n) is 1.95. The zero-order valence-electron chi connectivity index (χ0n) is 9.05. The second-order valence-electron chi connectivity index (χ2n) is 3.19. The van der Waals surface area contributed by atoms with Gasteiger partial charge in [0, 0.05) is 10.2 Å². The molecule has 0 fully saturated rings. The molecule has 0 amide bonds. The van der Waals surface area contributed by atoms with Crippen molar-refractivity contribution in [2.24, 2.45) is 0 Å². The van der Waals surface area contributed by atoms with E-state index in [2.05, 4.69) is 22.9 Å². The van der Waals surface area contributed by atoms with Crippen molar-refractivity contribution in [3.8, 4) is 5.75 Å². The Bertz CT molecular complexity index is 307. The molecule has 0 aromatic heterocycles. The summed E-state index contributed by atoms with van der Waals surface area (Å²) in [6.07, 6.45) is 0. The second kappa shape index (κ2) is 6.28. The molecular formula is C11H16BrNOS. The van der Waals surface area contributed by atoms with Gasteiger partial charge < -0.3 is 10.5 Å². The van der Waals surface area contributed by atoms with Crippen molar-refractivity contribution in [3.63, 3.8) is 0 Å². The largest absolute Gasteiger partial charge is 0.490 e. The number of aryl methyl sites for hydroxylation is 1. The molecule has 1 rings (SSSR count). The number of rotatable bonds is 5. The Kier molecular flexibility index (Phi) is 5.32. The van der Waals surface area contributed by atoms with Crippen LogP contribution in [0.15, 0.2) is 16.6 Å². The predicted molar refractivity (Wildman–Crippen MR) is 71.8 cm³/mol. The Morgan fingerprint density at radius 1 is 1.47 bits per heavy atom. The van der Waals surface area contributed by atoms with Crippen LogP contribution < -0.4 is 10.5 Å². The SMILES string of the molecule is CCSCCOc1c(C)cc(Br)cc1N. The maximum Gasteiger partial charge on any atom is 0.145 e. The molecule has 1 aromatic carbocycles. The fraction of sp³-hybridized carbons (Fsp3) is 0.455. The maximum atomic E-state index is 5.88. The van der Waals surface area contributed by atoms with Crippen molar-refractivity contribution < 1.29 is 4.74 Å². The van der Waals surface area contributed by atoms with Gasteiger partial charge in [0.25, 0.3) is 0 Å². The average Bonchev–Trinajstić information content (AvgIpc) is 2.15. The van der Waals surface area contributed by atoms with Gasteiger partial charge in [0.1, 0.15) is 5.75 Å². The minimum atomic E-state index is 0.698. The number of nitrogen functional groups attached to an aromatic ring is 1. The first kappa shape index (κ1) is 12.7. The monoisotopic (exact) mass is 289 g/mol. The molecule has 2 nitrogen and oxygen atoms in total. The molecule has 0 saturated heterocycles. The molecule has 15 heavy (non-hydrogen) atoms. The van der Waals surface area contributed by atoms with E-state index in [1.807, 2.05) is 30.8 Å². The van der Waals surface area contributed by atoms with Gasteiger partial charge in [-0.25, -0.2) is 0 Å². The van der Waals surface area contributed by atoms with Gasteiger partial charge in [-0.3, -0.25) is 0 Å². The highest BCUT2D eigenvalue weighted by Gasteiger charge is 2.05. The quantitative estimate of drug-likeness (QED) is 0.666. The van der Waals surface area contributed by atoms with Crippen LogP contribution in [0.2, 0.25) is 0 Å². The number of hydrogen-bond donors (Lipinski definition) is 1. The highest BCUT2D eigenvalue weighted by Crippen LogP contribution is 2.30. The Morgan fingerprint density at radius 2 is 2.20 bits per heavy atom. The van der Waals surface area contributed by atoms with Crippen LogP contribution in [0.5, 0.6) is 5.75 Å². The number of anilines is 1. The summed E-state index contributed by atoms with van der Waals surface area (Å²) in [4.78, 5) is 0. The van der Waals surface area contributed by atoms with Crippen molar-refractivity contribution in [3.05, 3.63) is 22.2 Å². The van der Waals surface area contributed by atoms with Gasteiger partial charge in [0.15, 0.2) is 0 Å². The summed E-state index contributed by atoms with van der Waals surface area (Å²) in [5, 5.41) is 0. The van der Waals surface area contributed by atoms with Gasteiger partial charge in [-0.2, -0.15) is 11.8 Å². The number of halogens is 1. The molecule has 0 aliphatic rings. The summed E-state index contributed by atoms with van der Waals surface area (Å²) in [7, 11) is 0. The lowest BCUT2D eigenvalue weighted by Gasteiger charge is -2.11. The highest BCUT2D eigenvalue weighted by atomic mass is 79.9. The minimum absolute atomic E-state index is 0.698. The number of thioether (sulfide) groups is 1. The van der Waals surface area contributed by atoms with E-state index in [1.54, 1.807) is 0 Å². The summed E-state index contributed by atoms with van der Waals surface area (Å²) in [6.45, 7) is 4.86. The molecule has 0 aliphatic carbocycles. The number of hydrogen-bond acceptors (Lipinski definition) is 3. The topological polar surface area (TPSA) is 35.2 Å². The smallest absolute Gasteiger partial charge is 0.145 e. The van der Waals surface area contributed by atoms with Gasteiger partial charge in [-0.05, 0) is 30.4 Å². The zero-order valence-corrected chi connectivity index (χ0v) is 11.5. The average molecular weight is 290 g/mol. The van der Waals surface area contributed by atoms with Crippen LogP contribution in [-0.4, -0.2) is 18.1 Å². The Morgan fingerprint density at radius 3 is 2.80 bits per heavy atom. The first-order valence-corrected chi connectivity index (χ1v) is 6.86. The molecule has 84 valence electrons. The number of ether oxygens (including phenoxy) is 1. The molecule has 0 atom stereocenters. The van der Waals surface area contributed by atoms with E-state index in [-0.39, 0.29) is 0 Å². The Balaban J connectivity index is 2.60. The molecule has 0 bridgehead atoms. The normalized spacial score (nSPS) is 10.3. The van der Waals surface area contributed by atoms with Crippen molar-refractivity contribution >= 4 is 33.4 Å². The van der Waals surface area contributed by atoms with E-state index in [9.17, 15) is 0 Å². The first-order chi connectivity index (χ1) is 7.15. The lowest BCUT2D eigenvalue weighted by Crippen LogP contribution is -2.04. The lowest BCUT2D eigenvalue weighted by molar-refractivity contribution is 0.343. The van der Waals surface area contributed by atoms with Gasteiger partial charge >= 0.3 is 0 Å². The van der Waals surface area contributed by atoms with E-state index in [1.165, 1.54) is 0 Å². The highest BCUT2D eigenvalue weighted by molar-refractivity contribution is 9.10. The van der Waals surface area contributed by atoms with E-state index < -0.39 is 0 Å². The van der Waals surface area contributed by atoms with Crippen LogP contribution in [0.25, 0.3) is 0 Å². The van der Waals surface area contributed by atoms with E-state index >= 15 is 0 Å². The van der Waals surface area contributed by atoms with Gasteiger partial charge in [-0.1, -0.05) is 22.9 Å². The zero-order chi connectivity index (χ0) is 11.3. The fourth-order valence-corrected chi connectivity index (χ4v) is 2.38. The number of benzene rings is 1. The second-order valence-corrected chi connectivity index (χ2v) is 5.50. The fourth-order valence-electron chi connectivity index (χ4n) is 1.30. The van der Waals surface area contributed by atoms with E-state index in [0.717, 1.165) is 27.3 Å². The summed E-state index contributed by atoms with van der Waals surface area (Å²) in [6, 6.07) is 3.88. The van der Waals surface area contributed by atoms with Crippen LogP contribution in [-0.2, 0) is 0 Å². The summed E-state index contributed by atoms with van der Waals surface area (Å²) in [5.41, 5.74) is 7.65. The molecule has 0 radical (unpaired) electrons. The van der Waals surface area contributed by atoms with Crippen molar-refractivity contribution in [2.45, 2.75) is 13.8 Å². The summed E-state index contributed by atoms with van der Waals surface area (Å²) in [5.74, 6) is 2.94. The molecule has 0 spiro atoms. The standard InChI is InChI=1S/C11H16BrNOS/c1-3-15-5-4-14-11-8(2)6-9(12)7-10(11)13/h6-7H,3-5,13H2,1-2H3. The van der Waals surface area contributed by atoms with Crippen LogP contribution >= 0.6 is 27.7 Å². The maximum absolute atomic E-state index is 5.88. The van der Waals surface area contributed by atoms with Gasteiger partial charge in [0.2, 0.25) is 0 Å². The lowest BCUT2D eigenvalue weighted by atomic mass is 10.2. The third kappa shape index (κ3) is 3.95. The van der Waals surface area contributed by atoms with Gasteiger partial charge in [-0.15, -0.1) is 0 Å². The van der Waals surface area contributed by atoms with Gasteiger partial charge in [0.05, 0.1) is 12.3 Å². The summed E-state index contributed by atoms with van der Waals surface area (Å²) >= 11 is 5.27. The van der Waals surface area contributed by atoms with Crippen molar-refractivity contribution in [1.29, 1.82) is 0 Å². The number of nitrogens with two attached hydrogens (primary N) is 1. The van der Waals surface area contributed by atoms with Crippen molar-refractivity contribution in [1.82, 2.24) is 0 Å². The molecule has 0 saturated carbocycles. The molecule has 0 heterocycles. The van der Waals surface area contributed by atoms with E-state index in [4.69, 9.17) is 10.5 Å².